The first-order chi connectivity index (χ1) is 14.5. The Hall–Kier alpha value is -2.72. The lowest BCUT2D eigenvalue weighted by Gasteiger charge is -2.13. The molecule has 5 heteroatoms. The molecule has 0 N–H and O–H groups in total. The Morgan fingerprint density at radius 2 is 2.00 bits per heavy atom. The number of esters is 1. The van der Waals surface area contributed by atoms with Crippen LogP contribution < -0.4 is 0 Å². The van der Waals surface area contributed by atoms with Gasteiger partial charge in [0.15, 0.2) is 0 Å². The van der Waals surface area contributed by atoms with Crippen molar-refractivity contribution in [2.24, 2.45) is 0 Å². The van der Waals surface area contributed by atoms with Gasteiger partial charge in [-0.3, -0.25) is 9.78 Å². The fraction of sp³-hybridized carbons (Fsp3) is 0.280. The Morgan fingerprint density at radius 3 is 2.77 bits per heavy atom. The van der Waals surface area contributed by atoms with E-state index in [4.69, 9.17) is 21.3 Å². The molecule has 30 heavy (non-hydrogen) atoms. The number of carbonyl (C=O) groups is 1. The van der Waals surface area contributed by atoms with Gasteiger partial charge in [-0.25, -0.2) is 4.39 Å². The van der Waals surface area contributed by atoms with Gasteiger partial charge in [-0.15, -0.1) is 0 Å². The Labute approximate surface area is 180 Å². The first-order valence-electron chi connectivity index (χ1n) is 10.2. The number of hydrogen-bond acceptors (Lipinski definition) is 3. The summed E-state index contributed by atoms with van der Waals surface area (Å²) in [5, 5.41) is 0.676. The van der Waals surface area contributed by atoms with Crippen LogP contribution >= 0.6 is 11.6 Å². The van der Waals surface area contributed by atoms with Gasteiger partial charge in [0, 0.05) is 16.3 Å². The molecule has 0 spiro atoms. The molecule has 0 amide bonds. The molecule has 0 radical (unpaired) electrons. The van der Waals surface area contributed by atoms with Gasteiger partial charge in [0.05, 0.1) is 18.7 Å². The fourth-order valence-corrected chi connectivity index (χ4v) is 4.20. The number of pyridine rings is 1. The lowest BCUT2D eigenvalue weighted by Crippen LogP contribution is -2.09. The number of aromatic nitrogens is 1. The van der Waals surface area contributed by atoms with E-state index in [1.807, 2.05) is 30.3 Å². The monoisotopic (exact) mass is 423 g/mol. The van der Waals surface area contributed by atoms with Crippen LogP contribution in [0.5, 0.6) is 0 Å². The van der Waals surface area contributed by atoms with Crippen molar-refractivity contribution in [3.63, 3.8) is 0 Å². The molecule has 0 unspecified atom stereocenters. The van der Waals surface area contributed by atoms with Crippen molar-refractivity contribution in [1.29, 1.82) is 0 Å². The molecule has 1 heterocycles. The van der Waals surface area contributed by atoms with Crippen LogP contribution in [-0.2, 0) is 35.2 Å². The van der Waals surface area contributed by atoms with E-state index in [0.29, 0.717) is 23.6 Å². The molecular weight excluding hydrogens is 401 g/mol. The zero-order valence-electron chi connectivity index (χ0n) is 16.9. The van der Waals surface area contributed by atoms with Crippen molar-refractivity contribution in [1.82, 2.24) is 4.98 Å². The molecule has 0 bridgehead atoms. The third kappa shape index (κ3) is 4.54. The minimum absolute atomic E-state index is 0.0521. The van der Waals surface area contributed by atoms with Gasteiger partial charge in [0.1, 0.15) is 5.82 Å². The van der Waals surface area contributed by atoms with Gasteiger partial charge < -0.3 is 4.74 Å². The van der Waals surface area contributed by atoms with Gasteiger partial charge >= 0.3 is 5.97 Å². The summed E-state index contributed by atoms with van der Waals surface area (Å²) in [7, 11) is 0. The molecule has 2 aromatic carbocycles. The molecular formula is C25H23ClFNO2. The van der Waals surface area contributed by atoms with Gasteiger partial charge in [0.25, 0.3) is 0 Å². The van der Waals surface area contributed by atoms with Crippen molar-refractivity contribution in [2.45, 2.75) is 39.0 Å². The van der Waals surface area contributed by atoms with Crippen molar-refractivity contribution in [2.75, 3.05) is 6.61 Å². The van der Waals surface area contributed by atoms with E-state index in [1.165, 1.54) is 17.2 Å². The minimum Gasteiger partial charge on any atom is -0.466 e. The summed E-state index contributed by atoms with van der Waals surface area (Å²) < 4.78 is 19.5. The third-order valence-electron chi connectivity index (χ3n) is 5.42. The van der Waals surface area contributed by atoms with Gasteiger partial charge in [0.2, 0.25) is 0 Å². The van der Waals surface area contributed by atoms with E-state index < -0.39 is 5.97 Å². The van der Waals surface area contributed by atoms with Crippen LogP contribution in [0.4, 0.5) is 4.39 Å². The van der Waals surface area contributed by atoms with E-state index in [0.717, 1.165) is 41.8 Å². The van der Waals surface area contributed by atoms with Crippen LogP contribution in [-0.4, -0.2) is 17.6 Å². The Morgan fingerprint density at radius 1 is 1.13 bits per heavy atom. The minimum atomic E-state index is -0.415. The van der Waals surface area contributed by atoms with E-state index in [-0.39, 0.29) is 12.2 Å². The maximum atomic E-state index is 14.6. The van der Waals surface area contributed by atoms with Crippen LogP contribution in [0, 0.1) is 5.82 Å². The van der Waals surface area contributed by atoms with Gasteiger partial charge in [-0.2, -0.15) is 0 Å². The van der Waals surface area contributed by atoms with Crippen LogP contribution in [0.25, 0.3) is 11.3 Å². The molecule has 0 atom stereocenters. The normalized spacial score (nSPS) is 12.6. The molecule has 0 fully saturated rings. The van der Waals surface area contributed by atoms with Crippen molar-refractivity contribution in [3.05, 3.63) is 87.3 Å². The summed E-state index contributed by atoms with van der Waals surface area (Å²) in [6.07, 6.45) is 3.61. The maximum absolute atomic E-state index is 14.6. The fourth-order valence-electron chi connectivity index (χ4n) is 4.01. The Kier molecular flexibility index (Phi) is 6.14. The maximum Gasteiger partial charge on any atom is 0.310 e. The summed E-state index contributed by atoms with van der Waals surface area (Å²) >= 11 is 6.17. The highest BCUT2D eigenvalue weighted by Crippen LogP contribution is 2.31. The van der Waals surface area contributed by atoms with Crippen LogP contribution in [0.1, 0.15) is 41.3 Å². The molecule has 4 rings (SSSR count). The van der Waals surface area contributed by atoms with Crippen molar-refractivity contribution >= 4 is 17.6 Å². The zero-order chi connectivity index (χ0) is 21.1. The molecule has 3 nitrogen and oxygen atoms in total. The summed E-state index contributed by atoms with van der Waals surface area (Å²) in [5.74, 6) is -0.788. The topological polar surface area (TPSA) is 39.2 Å². The van der Waals surface area contributed by atoms with Crippen LogP contribution in [0.3, 0.4) is 0 Å². The molecule has 1 aliphatic rings. The number of benzene rings is 2. The lowest BCUT2D eigenvalue weighted by atomic mass is 9.96. The standard InChI is InChI=1S/C25H23ClFNO2/c1-2-30-25(29)15-17-10-9-16(12-22(17)27)11-19-14-24(18-5-3-6-20(26)13-18)28-23-8-4-7-21(19)23/h3,5-6,9-10,12-14H,2,4,7-8,11,15H2,1H3. The highest BCUT2D eigenvalue weighted by Gasteiger charge is 2.19. The molecule has 154 valence electrons. The number of halogens is 2. The Balaban J connectivity index is 1.63. The Bertz CT molecular complexity index is 1100. The summed E-state index contributed by atoms with van der Waals surface area (Å²) in [6.45, 7) is 2.03. The summed E-state index contributed by atoms with van der Waals surface area (Å²) in [6, 6.07) is 14.9. The zero-order valence-corrected chi connectivity index (χ0v) is 17.6. The molecule has 1 aromatic heterocycles. The van der Waals surface area contributed by atoms with Crippen LogP contribution in [0.2, 0.25) is 5.02 Å². The van der Waals surface area contributed by atoms with E-state index in [1.54, 1.807) is 13.0 Å². The van der Waals surface area contributed by atoms with Crippen LogP contribution in [0.15, 0.2) is 48.5 Å². The number of carbonyl (C=O) groups excluding carboxylic acids is 1. The second-order valence-electron chi connectivity index (χ2n) is 7.54. The average molecular weight is 424 g/mol. The van der Waals surface area contributed by atoms with E-state index in [9.17, 15) is 9.18 Å². The van der Waals surface area contributed by atoms with Gasteiger partial charge in [-0.1, -0.05) is 35.9 Å². The summed E-state index contributed by atoms with van der Waals surface area (Å²) in [5.41, 5.74) is 6.68. The average Bonchev–Trinajstić information content (AvgIpc) is 3.19. The summed E-state index contributed by atoms with van der Waals surface area (Å²) in [4.78, 5) is 16.5. The highest BCUT2D eigenvalue weighted by atomic mass is 35.5. The van der Waals surface area contributed by atoms with E-state index >= 15 is 0 Å². The molecule has 0 saturated carbocycles. The first-order valence-corrected chi connectivity index (χ1v) is 10.6. The SMILES string of the molecule is CCOC(=O)Cc1ccc(Cc2cc(-c3cccc(Cl)c3)nc3c2CCC3)cc1F. The second kappa shape index (κ2) is 8.97. The number of hydrogen-bond donors (Lipinski definition) is 0. The molecule has 3 aromatic rings. The second-order valence-corrected chi connectivity index (χ2v) is 7.98. The number of aryl methyl sites for hydroxylation is 1. The highest BCUT2D eigenvalue weighted by molar-refractivity contribution is 6.30. The number of ether oxygens (including phenoxy) is 1. The largest absolute Gasteiger partial charge is 0.466 e. The van der Waals surface area contributed by atoms with E-state index in [2.05, 4.69) is 6.07 Å². The number of rotatable bonds is 6. The predicted molar refractivity (Wildman–Crippen MR) is 116 cm³/mol. The number of nitrogens with zero attached hydrogens (tertiary/aromatic N) is 1. The molecule has 0 saturated heterocycles. The van der Waals surface area contributed by atoms with Crippen molar-refractivity contribution in [3.8, 4) is 11.3 Å². The first kappa shape index (κ1) is 20.5. The predicted octanol–water partition coefficient (Wildman–Crippen LogP) is 5.73. The third-order valence-corrected chi connectivity index (χ3v) is 5.65. The quantitative estimate of drug-likeness (QED) is 0.475. The smallest absolute Gasteiger partial charge is 0.310 e. The molecule has 1 aliphatic carbocycles. The van der Waals surface area contributed by atoms with Gasteiger partial charge in [-0.05, 0) is 79.1 Å². The number of fused-ring (bicyclic) bond motifs is 1. The lowest BCUT2D eigenvalue weighted by molar-refractivity contribution is -0.142. The van der Waals surface area contributed by atoms with Crippen molar-refractivity contribution < 1.29 is 13.9 Å². The molecule has 0 aliphatic heterocycles.